The standard InChI is InChI=1S/C23H18ClFN2O2/c1-14-3-2-4-16(11-14)23(29)27-13-21(28)26-20-10-7-17(24)12-19(20)22(27)15-5-8-18(25)9-6-15/h2-12,22H,13H2,1H3,(H,26,28). The quantitative estimate of drug-likeness (QED) is 0.650. The summed E-state index contributed by atoms with van der Waals surface area (Å²) in [5.41, 5.74) is 3.36. The summed E-state index contributed by atoms with van der Waals surface area (Å²) in [7, 11) is 0. The van der Waals surface area contributed by atoms with Gasteiger partial charge in [0.25, 0.3) is 5.91 Å². The molecule has 0 spiro atoms. The van der Waals surface area contributed by atoms with Crippen molar-refractivity contribution >= 4 is 29.1 Å². The lowest BCUT2D eigenvalue weighted by atomic mass is 9.95. The van der Waals surface area contributed by atoms with Crippen LogP contribution in [0, 0.1) is 12.7 Å². The van der Waals surface area contributed by atoms with Crippen molar-refractivity contribution in [1.82, 2.24) is 4.90 Å². The SMILES string of the molecule is Cc1cccc(C(=O)N2CC(=O)Nc3ccc(Cl)cc3C2c2ccc(F)cc2)c1. The van der Waals surface area contributed by atoms with Gasteiger partial charge in [0.2, 0.25) is 5.91 Å². The van der Waals surface area contributed by atoms with Crippen LogP contribution in [0.4, 0.5) is 10.1 Å². The minimum absolute atomic E-state index is 0.138. The van der Waals surface area contributed by atoms with Crippen LogP contribution in [0.1, 0.15) is 33.1 Å². The van der Waals surface area contributed by atoms with Gasteiger partial charge in [-0.15, -0.1) is 0 Å². The molecule has 4 nitrogen and oxygen atoms in total. The summed E-state index contributed by atoms with van der Waals surface area (Å²) in [6, 6.07) is 17.7. The number of amides is 2. The second kappa shape index (κ2) is 7.68. The highest BCUT2D eigenvalue weighted by Crippen LogP contribution is 2.38. The second-order valence-electron chi connectivity index (χ2n) is 7.04. The number of carbonyl (C=O) groups is 2. The Balaban J connectivity index is 1.90. The largest absolute Gasteiger partial charge is 0.324 e. The van der Waals surface area contributed by atoms with Gasteiger partial charge in [-0.3, -0.25) is 9.59 Å². The molecular weight excluding hydrogens is 391 g/mol. The van der Waals surface area contributed by atoms with Crippen molar-refractivity contribution in [3.8, 4) is 0 Å². The van der Waals surface area contributed by atoms with E-state index in [4.69, 9.17) is 11.6 Å². The maximum atomic E-state index is 13.6. The number of benzene rings is 3. The number of nitrogens with one attached hydrogen (secondary N) is 1. The topological polar surface area (TPSA) is 49.4 Å². The van der Waals surface area contributed by atoms with E-state index in [0.29, 0.717) is 27.4 Å². The number of rotatable bonds is 2. The molecule has 1 N–H and O–H groups in total. The number of halogens is 2. The fraction of sp³-hybridized carbons (Fsp3) is 0.130. The normalized spacial score (nSPS) is 16.0. The van der Waals surface area contributed by atoms with E-state index in [0.717, 1.165) is 5.56 Å². The van der Waals surface area contributed by atoms with Crippen molar-refractivity contribution in [2.45, 2.75) is 13.0 Å². The number of carbonyl (C=O) groups excluding carboxylic acids is 2. The van der Waals surface area contributed by atoms with Gasteiger partial charge in [0, 0.05) is 21.8 Å². The number of hydrogen-bond donors (Lipinski definition) is 1. The highest BCUT2D eigenvalue weighted by atomic mass is 35.5. The van der Waals surface area contributed by atoms with Crippen LogP contribution in [0.5, 0.6) is 0 Å². The van der Waals surface area contributed by atoms with Crippen LogP contribution in [0.15, 0.2) is 66.7 Å². The average Bonchev–Trinajstić information content (AvgIpc) is 2.84. The van der Waals surface area contributed by atoms with Crippen molar-refractivity contribution in [2.75, 3.05) is 11.9 Å². The van der Waals surface area contributed by atoms with E-state index >= 15 is 0 Å². The number of aryl methyl sites for hydroxylation is 1. The number of nitrogens with zero attached hydrogens (tertiary/aromatic N) is 1. The van der Waals surface area contributed by atoms with Gasteiger partial charge in [-0.2, -0.15) is 0 Å². The molecular formula is C23H18ClFN2O2. The lowest BCUT2D eigenvalue weighted by Gasteiger charge is -2.31. The Hall–Kier alpha value is -3.18. The van der Waals surface area contributed by atoms with E-state index in [-0.39, 0.29) is 24.2 Å². The molecule has 0 aliphatic carbocycles. The predicted molar refractivity (Wildman–Crippen MR) is 111 cm³/mol. The Kier molecular flexibility index (Phi) is 5.07. The molecule has 6 heteroatoms. The molecule has 0 saturated carbocycles. The van der Waals surface area contributed by atoms with Crippen molar-refractivity contribution in [3.05, 3.63) is 99.8 Å². The van der Waals surface area contributed by atoms with E-state index in [1.54, 1.807) is 48.5 Å². The predicted octanol–water partition coefficient (Wildman–Crippen LogP) is 4.97. The van der Waals surface area contributed by atoms with Crippen molar-refractivity contribution in [2.24, 2.45) is 0 Å². The zero-order valence-corrected chi connectivity index (χ0v) is 16.4. The summed E-state index contributed by atoms with van der Waals surface area (Å²) < 4.78 is 13.6. The van der Waals surface area contributed by atoms with Crippen molar-refractivity contribution in [3.63, 3.8) is 0 Å². The highest BCUT2D eigenvalue weighted by molar-refractivity contribution is 6.30. The lowest BCUT2D eigenvalue weighted by molar-refractivity contribution is -0.117. The molecule has 0 fully saturated rings. The maximum Gasteiger partial charge on any atom is 0.255 e. The molecule has 1 unspecified atom stereocenters. The van der Waals surface area contributed by atoms with Gasteiger partial charge in [0.15, 0.2) is 0 Å². The fourth-order valence-corrected chi connectivity index (χ4v) is 3.80. The molecule has 3 aromatic carbocycles. The molecule has 146 valence electrons. The molecule has 0 saturated heterocycles. The summed E-state index contributed by atoms with van der Waals surface area (Å²) in [4.78, 5) is 27.5. The van der Waals surface area contributed by atoms with Crippen LogP contribution in [0.25, 0.3) is 0 Å². The molecule has 1 heterocycles. The van der Waals surface area contributed by atoms with E-state index in [9.17, 15) is 14.0 Å². The summed E-state index contributed by atoms with van der Waals surface area (Å²) in [6.45, 7) is 1.76. The summed E-state index contributed by atoms with van der Waals surface area (Å²) >= 11 is 6.23. The van der Waals surface area contributed by atoms with Gasteiger partial charge in [0.05, 0.1) is 6.04 Å². The van der Waals surface area contributed by atoms with Gasteiger partial charge in [-0.05, 0) is 55.0 Å². The first-order valence-corrected chi connectivity index (χ1v) is 9.52. The van der Waals surface area contributed by atoms with Crippen LogP contribution in [-0.4, -0.2) is 23.3 Å². The number of anilines is 1. The smallest absolute Gasteiger partial charge is 0.255 e. The van der Waals surface area contributed by atoms with Crippen LogP contribution >= 0.6 is 11.6 Å². The molecule has 4 rings (SSSR count). The molecule has 1 aliphatic rings. The molecule has 0 bridgehead atoms. The lowest BCUT2D eigenvalue weighted by Crippen LogP contribution is -2.39. The van der Waals surface area contributed by atoms with Gasteiger partial charge in [0.1, 0.15) is 12.4 Å². The third-order valence-corrected chi connectivity index (χ3v) is 5.15. The molecule has 29 heavy (non-hydrogen) atoms. The maximum absolute atomic E-state index is 13.6. The highest BCUT2D eigenvalue weighted by Gasteiger charge is 2.34. The second-order valence-corrected chi connectivity index (χ2v) is 7.47. The monoisotopic (exact) mass is 408 g/mol. The summed E-state index contributed by atoms with van der Waals surface area (Å²) in [5.74, 6) is -0.968. The first-order valence-electron chi connectivity index (χ1n) is 9.15. The minimum Gasteiger partial charge on any atom is -0.324 e. The van der Waals surface area contributed by atoms with E-state index < -0.39 is 6.04 Å². The zero-order chi connectivity index (χ0) is 20.5. The van der Waals surface area contributed by atoms with Crippen LogP contribution in [0.3, 0.4) is 0 Å². The Morgan fingerprint density at radius 3 is 2.59 bits per heavy atom. The van der Waals surface area contributed by atoms with Gasteiger partial charge < -0.3 is 10.2 Å². The Bertz CT molecular complexity index is 1100. The third-order valence-electron chi connectivity index (χ3n) is 4.92. The molecule has 1 atom stereocenters. The van der Waals surface area contributed by atoms with Crippen LogP contribution < -0.4 is 5.32 Å². The van der Waals surface area contributed by atoms with Crippen molar-refractivity contribution < 1.29 is 14.0 Å². The molecule has 3 aromatic rings. The van der Waals surface area contributed by atoms with Crippen LogP contribution in [0.2, 0.25) is 5.02 Å². The van der Waals surface area contributed by atoms with Crippen LogP contribution in [-0.2, 0) is 4.79 Å². The van der Waals surface area contributed by atoms with E-state index in [1.165, 1.54) is 17.0 Å². The van der Waals surface area contributed by atoms with Crippen molar-refractivity contribution in [1.29, 1.82) is 0 Å². The summed E-state index contributed by atoms with van der Waals surface area (Å²) in [6.07, 6.45) is 0. The van der Waals surface area contributed by atoms with Gasteiger partial charge in [-0.25, -0.2) is 4.39 Å². The molecule has 2 amide bonds. The molecule has 0 radical (unpaired) electrons. The fourth-order valence-electron chi connectivity index (χ4n) is 3.61. The summed E-state index contributed by atoms with van der Waals surface area (Å²) in [5, 5.41) is 3.32. The van der Waals surface area contributed by atoms with Gasteiger partial charge in [-0.1, -0.05) is 41.4 Å². The first kappa shape index (κ1) is 19.2. The van der Waals surface area contributed by atoms with E-state index in [2.05, 4.69) is 5.32 Å². The zero-order valence-electron chi connectivity index (χ0n) is 15.7. The molecule has 0 aromatic heterocycles. The van der Waals surface area contributed by atoms with E-state index in [1.807, 2.05) is 13.0 Å². The Morgan fingerprint density at radius 2 is 1.86 bits per heavy atom. The average molecular weight is 409 g/mol. The number of fused-ring (bicyclic) bond motifs is 1. The third kappa shape index (κ3) is 3.87. The Morgan fingerprint density at radius 1 is 1.10 bits per heavy atom. The Labute approximate surface area is 172 Å². The first-order chi connectivity index (χ1) is 13.9. The molecule has 1 aliphatic heterocycles. The number of hydrogen-bond acceptors (Lipinski definition) is 2. The minimum atomic E-state index is -0.601. The van der Waals surface area contributed by atoms with Gasteiger partial charge >= 0.3 is 0 Å².